The van der Waals surface area contributed by atoms with Gasteiger partial charge in [0.1, 0.15) is 18.4 Å². The normalized spacial score (nSPS) is 14.2. The number of nitriles is 1. The topological polar surface area (TPSA) is 74.1 Å². The predicted octanol–water partition coefficient (Wildman–Crippen LogP) is 3.17. The number of anilines is 1. The number of hydrogen-bond donors (Lipinski definition) is 2. The molecule has 0 aliphatic carbocycles. The molecule has 1 amide bonds. The monoisotopic (exact) mass is 335 g/mol. The summed E-state index contributed by atoms with van der Waals surface area (Å²) in [4.78, 5) is 11.4. The van der Waals surface area contributed by atoms with E-state index in [2.05, 4.69) is 29.7 Å². The highest BCUT2D eigenvalue weighted by Gasteiger charge is 2.16. The Kier molecular flexibility index (Phi) is 5.32. The maximum atomic E-state index is 11.4. The molecule has 2 N–H and O–H groups in total. The van der Waals surface area contributed by atoms with Gasteiger partial charge in [-0.25, -0.2) is 0 Å². The molecule has 0 radical (unpaired) electrons. The van der Waals surface area contributed by atoms with Crippen molar-refractivity contribution in [1.29, 1.82) is 5.26 Å². The van der Waals surface area contributed by atoms with E-state index < -0.39 is 0 Å². The average Bonchev–Trinajstić information content (AvgIpc) is 2.64. The first-order chi connectivity index (χ1) is 12.2. The number of para-hydroxylation sites is 1. The van der Waals surface area contributed by atoms with Gasteiger partial charge in [0, 0.05) is 24.7 Å². The van der Waals surface area contributed by atoms with Gasteiger partial charge < -0.3 is 15.4 Å². The molecule has 0 saturated carbocycles. The molecule has 5 nitrogen and oxygen atoms in total. The Morgan fingerprint density at radius 3 is 2.96 bits per heavy atom. The van der Waals surface area contributed by atoms with E-state index in [9.17, 15) is 4.79 Å². The number of amides is 1. The van der Waals surface area contributed by atoms with Crippen LogP contribution in [0.2, 0.25) is 0 Å². The Morgan fingerprint density at radius 2 is 2.12 bits per heavy atom. The van der Waals surface area contributed by atoms with E-state index in [1.807, 2.05) is 24.3 Å². The second-order valence-corrected chi connectivity index (χ2v) is 6.10. The van der Waals surface area contributed by atoms with Gasteiger partial charge >= 0.3 is 0 Å². The van der Waals surface area contributed by atoms with E-state index in [0.29, 0.717) is 30.9 Å². The van der Waals surface area contributed by atoms with Gasteiger partial charge in [0.25, 0.3) is 0 Å². The highest BCUT2D eigenvalue weighted by atomic mass is 16.5. The van der Waals surface area contributed by atoms with Crippen molar-refractivity contribution in [3.8, 4) is 11.8 Å². The quantitative estimate of drug-likeness (QED) is 0.795. The second kappa shape index (κ2) is 7.82. The number of nitrogens with zero attached hydrogens (tertiary/aromatic N) is 1. The van der Waals surface area contributed by atoms with Crippen LogP contribution in [-0.4, -0.2) is 19.1 Å². The maximum absolute atomic E-state index is 11.4. The minimum Gasteiger partial charge on any atom is -0.491 e. The molecule has 25 heavy (non-hydrogen) atoms. The fraction of sp³-hybridized carbons (Fsp3) is 0.300. The minimum absolute atomic E-state index is 0.0845. The molecule has 0 aromatic heterocycles. The van der Waals surface area contributed by atoms with Gasteiger partial charge in [-0.15, -0.1) is 0 Å². The van der Waals surface area contributed by atoms with Crippen molar-refractivity contribution >= 4 is 11.6 Å². The molecular weight excluding hydrogens is 314 g/mol. The van der Waals surface area contributed by atoms with Gasteiger partial charge in [-0.1, -0.05) is 24.3 Å². The van der Waals surface area contributed by atoms with Crippen LogP contribution in [0.25, 0.3) is 0 Å². The van der Waals surface area contributed by atoms with Gasteiger partial charge in [0.2, 0.25) is 5.91 Å². The summed E-state index contributed by atoms with van der Waals surface area (Å²) in [6, 6.07) is 15.7. The maximum Gasteiger partial charge on any atom is 0.224 e. The van der Waals surface area contributed by atoms with E-state index in [-0.39, 0.29) is 11.9 Å². The lowest BCUT2D eigenvalue weighted by molar-refractivity contribution is -0.116. The predicted molar refractivity (Wildman–Crippen MR) is 96.5 cm³/mol. The number of fused-ring (bicyclic) bond motifs is 1. The summed E-state index contributed by atoms with van der Waals surface area (Å²) in [7, 11) is 0. The number of ether oxygens (including phenoxy) is 1. The molecule has 3 rings (SSSR count). The van der Waals surface area contributed by atoms with E-state index in [1.165, 1.54) is 11.1 Å². The highest BCUT2D eigenvalue weighted by molar-refractivity contribution is 5.93. The Labute approximate surface area is 147 Å². The third kappa shape index (κ3) is 4.17. The van der Waals surface area contributed by atoms with E-state index in [4.69, 9.17) is 10.00 Å². The number of hydrogen-bond acceptors (Lipinski definition) is 4. The molecule has 2 aromatic rings. The fourth-order valence-corrected chi connectivity index (χ4v) is 2.91. The van der Waals surface area contributed by atoms with Crippen LogP contribution < -0.4 is 15.4 Å². The van der Waals surface area contributed by atoms with Crippen LogP contribution in [-0.2, 0) is 11.2 Å². The van der Waals surface area contributed by atoms with Crippen LogP contribution in [0.5, 0.6) is 5.75 Å². The van der Waals surface area contributed by atoms with Crippen LogP contribution in [0.4, 0.5) is 5.69 Å². The van der Waals surface area contributed by atoms with Crippen LogP contribution in [0, 0.1) is 11.3 Å². The Hall–Kier alpha value is -2.84. The summed E-state index contributed by atoms with van der Waals surface area (Å²) in [5.74, 6) is 0.699. The first kappa shape index (κ1) is 17.0. The van der Waals surface area contributed by atoms with Gasteiger partial charge in [0.05, 0.1) is 5.56 Å². The van der Waals surface area contributed by atoms with Crippen molar-refractivity contribution in [3.05, 3.63) is 59.2 Å². The summed E-state index contributed by atoms with van der Waals surface area (Å²) in [5, 5.41) is 15.4. The highest BCUT2D eigenvalue weighted by Crippen LogP contribution is 2.26. The van der Waals surface area contributed by atoms with Crippen molar-refractivity contribution in [2.75, 3.05) is 18.5 Å². The molecule has 1 atom stereocenters. The van der Waals surface area contributed by atoms with E-state index in [1.54, 1.807) is 12.1 Å². The third-order valence-corrected chi connectivity index (χ3v) is 4.34. The van der Waals surface area contributed by atoms with Gasteiger partial charge in [-0.05, 0) is 42.7 Å². The number of carbonyl (C=O) groups is 1. The number of benzene rings is 2. The molecule has 0 saturated heterocycles. The zero-order chi connectivity index (χ0) is 17.6. The van der Waals surface area contributed by atoms with Crippen molar-refractivity contribution < 1.29 is 9.53 Å². The molecule has 128 valence electrons. The molecule has 1 unspecified atom stereocenters. The largest absolute Gasteiger partial charge is 0.491 e. The molecule has 0 fully saturated rings. The van der Waals surface area contributed by atoms with Crippen LogP contribution in [0.1, 0.15) is 36.1 Å². The van der Waals surface area contributed by atoms with Crippen molar-refractivity contribution in [1.82, 2.24) is 5.32 Å². The van der Waals surface area contributed by atoms with E-state index in [0.717, 1.165) is 12.1 Å². The summed E-state index contributed by atoms with van der Waals surface area (Å²) in [6.07, 6.45) is 1.33. The molecular formula is C20H21N3O2. The molecule has 2 aromatic carbocycles. The summed E-state index contributed by atoms with van der Waals surface area (Å²) < 4.78 is 5.68. The zero-order valence-electron chi connectivity index (χ0n) is 14.2. The van der Waals surface area contributed by atoms with Crippen LogP contribution in [0.15, 0.2) is 42.5 Å². The van der Waals surface area contributed by atoms with Crippen molar-refractivity contribution in [2.45, 2.75) is 25.8 Å². The SMILES string of the molecule is CC(NCCOc1ccccc1C#N)c1ccc2c(c1)CCC(=O)N2. The first-order valence-electron chi connectivity index (χ1n) is 8.45. The number of rotatable bonds is 6. The minimum atomic E-state index is 0.0845. The number of carbonyl (C=O) groups excluding carboxylic acids is 1. The second-order valence-electron chi connectivity index (χ2n) is 6.10. The van der Waals surface area contributed by atoms with Gasteiger partial charge in [-0.2, -0.15) is 5.26 Å². The van der Waals surface area contributed by atoms with Crippen molar-refractivity contribution in [2.24, 2.45) is 0 Å². The lowest BCUT2D eigenvalue weighted by Gasteiger charge is -2.20. The molecule has 0 spiro atoms. The average molecular weight is 335 g/mol. The smallest absolute Gasteiger partial charge is 0.224 e. The molecule has 1 aliphatic heterocycles. The lowest BCUT2D eigenvalue weighted by Crippen LogP contribution is -2.25. The van der Waals surface area contributed by atoms with Gasteiger partial charge in [-0.3, -0.25) is 4.79 Å². The summed E-state index contributed by atoms with van der Waals surface area (Å²) >= 11 is 0. The van der Waals surface area contributed by atoms with Gasteiger partial charge in [0.15, 0.2) is 0 Å². The first-order valence-corrected chi connectivity index (χ1v) is 8.45. The van der Waals surface area contributed by atoms with Crippen LogP contribution in [0.3, 0.4) is 0 Å². The lowest BCUT2D eigenvalue weighted by atomic mass is 9.98. The van der Waals surface area contributed by atoms with Crippen molar-refractivity contribution in [3.63, 3.8) is 0 Å². The van der Waals surface area contributed by atoms with Crippen LogP contribution >= 0.6 is 0 Å². The number of nitrogens with one attached hydrogen (secondary N) is 2. The fourth-order valence-electron chi connectivity index (χ4n) is 2.91. The molecule has 1 aliphatic rings. The standard InChI is InChI=1S/C20H21N3O2/c1-14(15-6-8-18-16(12-15)7-9-20(24)23-18)22-10-11-25-19-5-3-2-4-17(19)13-21/h2-6,8,12,14,22H,7,9-11H2,1H3,(H,23,24). The Bertz CT molecular complexity index is 811. The third-order valence-electron chi connectivity index (χ3n) is 4.34. The summed E-state index contributed by atoms with van der Waals surface area (Å²) in [5.41, 5.74) is 3.84. The summed E-state index contributed by atoms with van der Waals surface area (Å²) in [6.45, 7) is 3.27. The number of aryl methyl sites for hydroxylation is 1. The molecule has 5 heteroatoms. The zero-order valence-corrected chi connectivity index (χ0v) is 14.2. The Morgan fingerprint density at radius 1 is 1.28 bits per heavy atom. The Balaban J connectivity index is 1.52. The van der Waals surface area contributed by atoms with E-state index >= 15 is 0 Å². The molecule has 0 bridgehead atoms. The molecule has 1 heterocycles.